The highest BCUT2D eigenvalue weighted by Crippen LogP contribution is 2.01. The average molecular weight is 226 g/mol. The van der Waals surface area contributed by atoms with Gasteiger partial charge in [-0.2, -0.15) is 0 Å². The molecule has 0 heterocycles. The van der Waals surface area contributed by atoms with E-state index in [1.54, 1.807) is 0 Å². The summed E-state index contributed by atoms with van der Waals surface area (Å²) in [5, 5.41) is 2.33. The molecule has 0 aliphatic heterocycles. The van der Waals surface area contributed by atoms with Gasteiger partial charge in [-0.25, -0.2) is 0 Å². The zero-order valence-corrected chi connectivity index (χ0v) is 8.83. The summed E-state index contributed by atoms with van der Waals surface area (Å²) in [5.74, 6) is -0.157. The number of amides is 1. The van der Waals surface area contributed by atoms with E-state index in [0.29, 0.717) is 13.0 Å². The molecule has 0 aromatic carbocycles. The van der Waals surface area contributed by atoms with E-state index in [1.165, 1.54) is 0 Å². The molecule has 0 aliphatic rings. The number of rotatable bonds is 7. The van der Waals surface area contributed by atoms with Crippen LogP contribution in [0.2, 0.25) is 0 Å². The lowest BCUT2D eigenvalue weighted by atomic mass is 10.2. The molecule has 3 nitrogen and oxygen atoms in total. The van der Waals surface area contributed by atoms with E-state index in [-0.39, 0.29) is 17.0 Å². The van der Waals surface area contributed by atoms with E-state index >= 15 is 0 Å². The van der Waals surface area contributed by atoms with Crippen LogP contribution in [0.15, 0.2) is 0 Å². The zero-order chi connectivity index (χ0) is 10.1. The van der Waals surface area contributed by atoms with Gasteiger partial charge in [0.15, 0.2) is 0 Å². The standard InChI is InChI=1S/C8H13Cl2NO2/c9-6-8(13)11-5-3-1-2-4-7(10)12/h1-6H2,(H,11,13). The summed E-state index contributed by atoms with van der Waals surface area (Å²) in [6, 6.07) is 0. The zero-order valence-electron chi connectivity index (χ0n) is 7.32. The van der Waals surface area contributed by atoms with Gasteiger partial charge in [0, 0.05) is 13.0 Å². The Kier molecular flexibility index (Phi) is 8.14. The topological polar surface area (TPSA) is 46.2 Å². The fourth-order valence-corrected chi connectivity index (χ4v) is 1.07. The quantitative estimate of drug-likeness (QED) is 0.407. The van der Waals surface area contributed by atoms with Gasteiger partial charge in [0.05, 0.1) is 0 Å². The molecule has 0 saturated heterocycles. The number of alkyl halides is 1. The fraction of sp³-hybridized carbons (Fsp3) is 0.750. The highest BCUT2D eigenvalue weighted by molar-refractivity contribution is 6.63. The summed E-state index contributed by atoms with van der Waals surface area (Å²) in [6.07, 6.45) is 2.93. The smallest absolute Gasteiger partial charge is 0.234 e. The molecule has 0 fully saturated rings. The van der Waals surface area contributed by atoms with Crippen molar-refractivity contribution in [1.29, 1.82) is 0 Å². The Labute approximate surface area is 87.8 Å². The molecule has 13 heavy (non-hydrogen) atoms. The van der Waals surface area contributed by atoms with E-state index in [9.17, 15) is 9.59 Å². The number of carbonyl (C=O) groups excluding carboxylic acids is 2. The van der Waals surface area contributed by atoms with Gasteiger partial charge < -0.3 is 5.32 Å². The Balaban J connectivity index is 3.08. The van der Waals surface area contributed by atoms with Crippen molar-refractivity contribution in [2.45, 2.75) is 25.7 Å². The molecule has 1 amide bonds. The minimum absolute atomic E-state index is 0.000165. The summed E-state index contributed by atoms with van der Waals surface area (Å²) >= 11 is 10.4. The molecule has 0 rings (SSSR count). The molecule has 0 atom stereocenters. The lowest BCUT2D eigenvalue weighted by Crippen LogP contribution is -2.25. The highest BCUT2D eigenvalue weighted by Gasteiger charge is 1.98. The lowest BCUT2D eigenvalue weighted by molar-refractivity contribution is -0.118. The Morgan fingerprint density at radius 2 is 1.85 bits per heavy atom. The number of hydrogen-bond acceptors (Lipinski definition) is 2. The molecule has 1 N–H and O–H groups in total. The SMILES string of the molecule is O=C(Cl)CCCCCNC(=O)CCl. The maximum absolute atomic E-state index is 10.6. The molecular formula is C8H13Cl2NO2. The fourth-order valence-electron chi connectivity index (χ4n) is 0.841. The van der Waals surface area contributed by atoms with Gasteiger partial charge in [-0.05, 0) is 24.4 Å². The number of nitrogens with one attached hydrogen (secondary N) is 1. The third kappa shape index (κ3) is 9.64. The van der Waals surface area contributed by atoms with Gasteiger partial charge in [0.25, 0.3) is 0 Å². The van der Waals surface area contributed by atoms with Crippen LogP contribution in [-0.2, 0) is 9.59 Å². The normalized spacial score (nSPS) is 9.69. The van der Waals surface area contributed by atoms with Gasteiger partial charge in [0.2, 0.25) is 11.1 Å². The van der Waals surface area contributed by atoms with Gasteiger partial charge >= 0.3 is 0 Å². The minimum Gasteiger partial charge on any atom is -0.355 e. The van der Waals surface area contributed by atoms with Gasteiger partial charge in [-0.3, -0.25) is 9.59 Å². The van der Waals surface area contributed by atoms with Crippen LogP contribution in [-0.4, -0.2) is 23.6 Å². The van der Waals surface area contributed by atoms with Crippen molar-refractivity contribution in [3.8, 4) is 0 Å². The van der Waals surface area contributed by atoms with Crippen LogP contribution < -0.4 is 5.32 Å². The molecule has 0 unspecified atom stereocenters. The van der Waals surface area contributed by atoms with Crippen LogP contribution >= 0.6 is 23.2 Å². The average Bonchev–Trinajstić information content (AvgIpc) is 2.10. The Morgan fingerprint density at radius 3 is 2.38 bits per heavy atom. The largest absolute Gasteiger partial charge is 0.355 e. The molecule has 0 saturated carbocycles. The number of halogens is 2. The van der Waals surface area contributed by atoms with Crippen LogP contribution in [0, 0.1) is 0 Å². The molecular weight excluding hydrogens is 213 g/mol. The third-order valence-electron chi connectivity index (χ3n) is 1.49. The van der Waals surface area contributed by atoms with Crippen molar-refractivity contribution in [1.82, 2.24) is 5.32 Å². The van der Waals surface area contributed by atoms with E-state index in [0.717, 1.165) is 19.3 Å². The summed E-state index contributed by atoms with van der Waals surface area (Å²) in [7, 11) is 0. The number of hydrogen-bond donors (Lipinski definition) is 1. The molecule has 76 valence electrons. The van der Waals surface area contributed by atoms with Gasteiger partial charge in [-0.1, -0.05) is 6.42 Å². The second kappa shape index (κ2) is 8.32. The van der Waals surface area contributed by atoms with Crippen molar-refractivity contribution < 1.29 is 9.59 Å². The van der Waals surface area contributed by atoms with Crippen molar-refractivity contribution >= 4 is 34.4 Å². The second-order valence-electron chi connectivity index (χ2n) is 2.65. The molecule has 0 bridgehead atoms. The van der Waals surface area contributed by atoms with Crippen LogP contribution in [0.25, 0.3) is 0 Å². The first-order chi connectivity index (χ1) is 6.16. The van der Waals surface area contributed by atoms with Gasteiger partial charge in [-0.15, -0.1) is 11.6 Å². The Bertz CT molecular complexity index is 174. The number of carbonyl (C=O) groups is 2. The van der Waals surface area contributed by atoms with Crippen molar-refractivity contribution in [3.05, 3.63) is 0 Å². The first kappa shape index (κ1) is 12.7. The monoisotopic (exact) mass is 225 g/mol. The van der Waals surface area contributed by atoms with Crippen LogP contribution in [0.5, 0.6) is 0 Å². The van der Waals surface area contributed by atoms with Crippen molar-refractivity contribution in [2.75, 3.05) is 12.4 Å². The maximum Gasteiger partial charge on any atom is 0.234 e. The van der Waals surface area contributed by atoms with Crippen LogP contribution in [0.3, 0.4) is 0 Å². The Hall–Kier alpha value is -0.280. The van der Waals surface area contributed by atoms with E-state index in [4.69, 9.17) is 23.2 Å². The van der Waals surface area contributed by atoms with Crippen LogP contribution in [0.4, 0.5) is 0 Å². The lowest BCUT2D eigenvalue weighted by Gasteiger charge is -2.01. The predicted molar refractivity (Wildman–Crippen MR) is 53.1 cm³/mol. The molecule has 0 spiro atoms. The molecule has 5 heteroatoms. The summed E-state index contributed by atoms with van der Waals surface area (Å²) in [4.78, 5) is 20.9. The first-order valence-corrected chi connectivity index (χ1v) is 5.09. The number of unbranched alkanes of at least 4 members (excludes halogenated alkanes) is 2. The van der Waals surface area contributed by atoms with E-state index in [2.05, 4.69) is 5.32 Å². The Morgan fingerprint density at radius 1 is 1.15 bits per heavy atom. The molecule has 0 aliphatic carbocycles. The summed E-state index contributed by atoms with van der Waals surface area (Å²) < 4.78 is 0. The van der Waals surface area contributed by atoms with Crippen molar-refractivity contribution in [2.24, 2.45) is 0 Å². The van der Waals surface area contributed by atoms with Crippen molar-refractivity contribution in [3.63, 3.8) is 0 Å². The molecule has 0 aromatic heterocycles. The molecule has 0 radical (unpaired) electrons. The predicted octanol–water partition coefficient (Wildman–Crippen LogP) is 1.67. The second-order valence-corrected chi connectivity index (χ2v) is 3.34. The van der Waals surface area contributed by atoms with Gasteiger partial charge in [0.1, 0.15) is 5.88 Å². The maximum atomic E-state index is 10.6. The van der Waals surface area contributed by atoms with E-state index < -0.39 is 0 Å². The summed E-state index contributed by atoms with van der Waals surface area (Å²) in [6.45, 7) is 0.613. The molecule has 0 aromatic rings. The third-order valence-corrected chi connectivity index (χ3v) is 1.93. The van der Waals surface area contributed by atoms with Crippen LogP contribution in [0.1, 0.15) is 25.7 Å². The minimum atomic E-state index is -0.301. The van der Waals surface area contributed by atoms with E-state index in [1.807, 2.05) is 0 Å². The first-order valence-electron chi connectivity index (χ1n) is 4.18. The summed E-state index contributed by atoms with van der Waals surface area (Å²) in [5.41, 5.74) is 0. The highest BCUT2D eigenvalue weighted by atomic mass is 35.5.